The molecule has 0 bridgehead atoms. The minimum Gasteiger partial charge on any atom is -0.252 e. The second-order valence-electron chi connectivity index (χ2n) is 2.78. The van der Waals surface area contributed by atoms with E-state index < -0.39 is 0 Å². The highest BCUT2D eigenvalue weighted by Gasteiger charge is 2.06. The number of aromatic nitrogens is 2. The molecular formula is C10H10N2S. The Morgan fingerprint density at radius 3 is 2.62 bits per heavy atom. The Labute approximate surface area is 81.0 Å². The maximum absolute atomic E-state index is 4.32. The van der Waals surface area contributed by atoms with Crippen molar-refractivity contribution in [2.24, 2.45) is 0 Å². The van der Waals surface area contributed by atoms with Crippen LogP contribution in [0.4, 0.5) is 0 Å². The smallest absolute Gasteiger partial charge is 0.107 e. The lowest BCUT2D eigenvalue weighted by atomic mass is 10.3. The van der Waals surface area contributed by atoms with Crippen LogP contribution in [0.25, 0.3) is 17.1 Å². The van der Waals surface area contributed by atoms with E-state index >= 15 is 0 Å². The highest BCUT2D eigenvalue weighted by Crippen LogP contribution is 2.28. The fourth-order valence-electron chi connectivity index (χ4n) is 1.30. The number of aryl methyl sites for hydroxylation is 1. The molecule has 0 aliphatic heterocycles. The van der Waals surface area contributed by atoms with E-state index in [1.807, 2.05) is 13.0 Å². The van der Waals surface area contributed by atoms with E-state index in [0.717, 1.165) is 11.0 Å². The van der Waals surface area contributed by atoms with Crippen molar-refractivity contribution in [1.29, 1.82) is 0 Å². The molecule has 0 spiro atoms. The van der Waals surface area contributed by atoms with Gasteiger partial charge in [0.15, 0.2) is 0 Å². The first kappa shape index (κ1) is 8.38. The van der Waals surface area contributed by atoms with Gasteiger partial charge in [-0.25, -0.2) is 0 Å². The summed E-state index contributed by atoms with van der Waals surface area (Å²) < 4.78 is 0. The van der Waals surface area contributed by atoms with Crippen molar-refractivity contribution in [3.63, 3.8) is 0 Å². The minimum absolute atomic E-state index is 1.02. The zero-order valence-electron chi connectivity index (χ0n) is 7.61. The molecule has 3 heteroatoms. The van der Waals surface area contributed by atoms with E-state index in [-0.39, 0.29) is 0 Å². The second-order valence-corrected chi connectivity index (χ2v) is 4.03. The number of thiophene rings is 1. The van der Waals surface area contributed by atoms with Gasteiger partial charge in [-0.15, -0.1) is 11.3 Å². The summed E-state index contributed by atoms with van der Waals surface area (Å²) in [6.07, 6.45) is 7.58. The van der Waals surface area contributed by atoms with E-state index in [4.69, 9.17) is 0 Å². The summed E-state index contributed by atoms with van der Waals surface area (Å²) in [5, 5.41) is 0. The van der Waals surface area contributed by atoms with Gasteiger partial charge in [0.1, 0.15) is 11.0 Å². The molecule has 0 fully saturated rings. The van der Waals surface area contributed by atoms with Crippen molar-refractivity contribution in [2.75, 3.05) is 0 Å². The average molecular weight is 190 g/mol. The first-order valence-corrected chi connectivity index (χ1v) is 4.97. The Hall–Kier alpha value is -1.22. The molecular weight excluding hydrogens is 180 g/mol. The van der Waals surface area contributed by atoms with Crippen molar-refractivity contribution < 1.29 is 0 Å². The Morgan fingerprint density at radius 2 is 1.92 bits per heavy atom. The fourth-order valence-corrected chi connectivity index (χ4v) is 2.33. The summed E-state index contributed by atoms with van der Waals surface area (Å²) in [5.41, 5.74) is 2.05. The van der Waals surface area contributed by atoms with Crippen molar-refractivity contribution in [3.05, 3.63) is 28.2 Å². The molecule has 0 saturated carbocycles. The molecule has 0 aromatic carbocycles. The lowest BCUT2D eigenvalue weighted by Crippen LogP contribution is -1.78. The van der Waals surface area contributed by atoms with Crippen LogP contribution in [0.5, 0.6) is 0 Å². The Balaban J connectivity index is 2.77. The predicted molar refractivity (Wildman–Crippen MR) is 56.9 cm³/mol. The predicted octanol–water partition coefficient (Wildman–Crippen LogP) is 3.03. The molecule has 2 aromatic heterocycles. The molecule has 0 N–H and O–H groups in total. The summed E-state index contributed by atoms with van der Waals surface area (Å²) >= 11 is 1.74. The zero-order valence-corrected chi connectivity index (χ0v) is 8.43. The van der Waals surface area contributed by atoms with Gasteiger partial charge in [0.2, 0.25) is 0 Å². The monoisotopic (exact) mass is 190 g/mol. The molecule has 2 rings (SSSR count). The molecule has 2 heterocycles. The van der Waals surface area contributed by atoms with Crippen LogP contribution in [-0.2, 0) is 0 Å². The number of fused-ring (bicyclic) bond motifs is 1. The van der Waals surface area contributed by atoms with E-state index in [1.165, 1.54) is 9.75 Å². The molecule has 0 amide bonds. The summed E-state index contributed by atoms with van der Waals surface area (Å²) in [6, 6.07) is 0. The van der Waals surface area contributed by atoms with Crippen LogP contribution in [-0.4, -0.2) is 9.97 Å². The van der Waals surface area contributed by atoms with Gasteiger partial charge >= 0.3 is 0 Å². The normalized spacial score (nSPS) is 11.5. The number of rotatable bonds is 1. The fraction of sp³-hybridized carbons (Fsp3) is 0.200. The van der Waals surface area contributed by atoms with Crippen LogP contribution < -0.4 is 0 Å². The molecule has 0 atom stereocenters. The van der Waals surface area contributed by atoms with E-state index in [1.54, 1.807) is 23.7 Å². The van der Waals surface area contributed by atoms with E-state index in [9.17, 15) is 0 Å². The largest absolute Gasteiger partial charge is 0.252 e. The lowest BCUT2D eigenvalue weighted by Gasteiger charge is -1.88. The maximum Gasteiger partial charge on any atom is 0.107 e. The lowest BCUT2D eigenvalue weighted by molar-refractivity contribution is 1.30. The topological polar surface area (TPSA) is 25.8 Å². The number of hydrogen-bond donors (Lipinski definition) is 0. The number of nitrogens with zero attached hydrogens (tertiary/aromatic N) is 2. The van der Waals surface area contributed by atoms with Crippen molar-refractivity contribution in [1.82, 2.24) is 9.97 Å². The minimum atomic E-state index is 1.02. The third-order valence-electron chi connectivity index (χ3n) is 1.85. The highest BCUT2D eigenvalue weighted by atomic mass is 32.1. The Morgan fingerprint density at radius 1 is 1.23 bits per heavy atom. The quantitative estimate of drug-likeness (QED) is 0.690. The molecule has 13 heavy (non-hydrogen) atoms. The molecule has 2 nitrogen and oxygen atoms in total. The molecule has 66 valence electrons. The van der Waals surface area contributed by atoms with Crippen LogP contribution in [0.2, 0.25) is 0 Å². The number of hydrogen-bond acceptors (Lipinski definition) is 3. The molecule has 0 radical (unpaired) electrons. The van der Waals surface area contributed by atoms with Gasteiger partial charge in [-0.05, 0) is 19.9 Å². The summed E-state index contributed by atoms with van der Waals surface area (Å²) in [5.74, 6) is 0. The van der Waals surface area contributed by atoms with Crippen molar-refractivity contribution >= 4 is 28.4 Å². The van der Waals surface area contributed by atoms with Gasteiger partial charge in [0.25, 0.3) is 0 Å². The van der Waals surface area contributed by atoms with E-state index in [0.29, 0.717) is 0 Å². The molecule has 0 aliphatic carbocycles. The summed E-state index contributed by atoms with van der Waals surface area (Å²) in [6.45, 7) is 4.09. The average Bonchev–Trinajstić information content (AvgIpc) is 2.46. The van der Waals surface area contributed by atoms with Gasteiger partial charge in [-0.1, -0.05) is 6.08 Å². The van der Waals surface area contributed by atoms with Crippen LogP contribution >= 0.6 is 11.3 Å². The molecule has 2 aromatic rings. The molecule has 0 unspecified atom stereocenters. The first-order valence-electron chi connectivity index (χ1n) is 4.15. The zero-order chi connectivity index (χ0) is 9.26. The number of allylic oxidation sites excluding steroid dienone is 1. The Kier molecular flexibility index (Phi) is 2.10. The van der Waals surface area contributed by atoms with Crippen LogP contribution in [0.1, 0.15) is 16.7 Å². The van der Waals surface area contributed by atoms with Crippen molar-refractivity contribution in [3.8, 4) is 0 Å². The van der Waals surface area contributed by atoms with Gasteiger partial charge in [-0.2, -0.15) is 0 Å². The second kappa shape index (κ2) is 3.26. The van der Waals surface area contributed by atoms with Gasteiger partial charge < -0.3 is 0 Å². The van der Waals surface area contributed by atoms with Gasteiger partial charge in [0.05, 0.1) is 4.88 Å². The SMILES string of the molecule is C/C=C/c1sc(C)c2nccnc12. The third kappa shape index (κ3) is 1.35. The van der Waals surface area contributed by atoms with Gasteiger partial charge in [0, 0.05) is 17.3 Å². The third-order valence-corrected chi connectivity index (χ3v) is 2.90. The van der Waals surface area contributed by atoms with E-state index in [2.05, 4.69) is 23.0 Å². The summed E-state index contributed by atoms with van der Waals surface area (Å²) in [7, 11) is 0. The standard InChI is InChI=1S/C10H10N2S/c1-3-4-8-10-9(7(2)13-8)11-5-6-12-10/h3-6H,1-2H3/b4-3+. The Bertz CT molecular complexity index is 457. The summed E-state index contributed by atoms with van der Waals surface area (Å²) in [4.78, 5) is 11.0. The van der Waals surface area contributed by atoms with Gasteiger partial charge in [-0.3, -0.25) is 9.97 Å². The highest BCUT2D eigenvalue weighted by molar-refractivity contribution is 7.14. The van der Waals surface area contributed by atoms with Crippen LogP contribution in [0, 0.1) is 6.92 Å². The molecule has 0 saturated heterocycles. The van der Waals surface area contributed by atoms with Crippen LogP contribution in [0.15, 0.2) is 18.5 Å². The molecule has 0 aliphatic rings. The maximum atomic E-state index is 4.32. The first-order chi connectivity index (χ1) is 6.33. The van der Waals surface area contributed by atoms with Crippen LogP contribution in [0.3, 0.4) is 0 Å². The van der Waals surface area contributed by atoms with Crippen molar-refractivity contribution in [2.45, 2.75) is 13.8 Å².